The Morgan fingerprint density at radius 1 is 1.17 bits per heavy atom. The second kappa shape index (κ2) is 11.1. The van der Waals surface area contributed by atoms with Crippen LogP contribution in [0.3, 0.4) is 0 Å². The molecule has 0 bridgehead atoms. The summed E-state index contributed by atoms with van der Waals surface area (Å²) in [5, 5.41) is 21.1. The number of carbonyl (C=O) groups excluding carboxylic acids is 2. The van der Waals surface area contributed by atoms with Crippen molar-refractivity contribution in [1.82, 2.24) is 9.80 Å². The highest BCUT2D eigenvalue weighted by Gasteiger charge is 2.43. The summed E-state index contributed by atoms with van der Waals surface area (Å²) in [4.78, 5) is 30.1. The van der Waals surface area contributed by atoms with E-state index >= 15 is 0 Å². The van der Waals surface area contributed by atoms with E-state index in [4.69, 9.17) is 9.47 Å². The van der Waals surface area contributed by atoms with Gasteiger partial charge in [0, 0.05) is 26.2 Å². The van der Waals surface area contributed by atoms with Crippen LogP contribution in [0.2, 0.25) is 0 Å². The average molecular weight is 543 g/mol. The van der Waals surface area contributed by atoms with E-state index in [1.54, 1.807) is 18.2 Å². The van der Waals surface area contributed by atoms with E-state index in [-0.39, 0.29) is 17.1 Å². The highest BCUT2D eigenvalue weighted by atomic mass is 79.9. The average Bonchev–Trinajstić information content (AvgIpc) is 3.13. The van der Waals surface area contributed by atoms with Crippen LogP contribution in [-0.2, 0) is 14.3 Å². The summed E-state index contributed by atoms with van der Waals surface area (Å²) in [6.07, 6.45) is 3.01. The zero-order valence-corrected chi connectivity index (χ0v) is 20.9. The van der Waals surface area contributed by atoms with Gasteiger partial charge >= 0.3 is 0 Å². The number of benzene rings is 2. The topological polar surface area (TPSA) is 99.5 Å². The first-order chi connectivity index (χ1) is 16.9. The fraction of sp³-hybridized carbons (Fsp3) is 0.308. The Morgan fingerprint density at radius 2 is 1.89 bits per heavy atom. The molecule has 0 radical (unpaired) electrons. The van der Waals surface area contributed by atoms with Crippen molar-refractivity contribution in [1.29, 1.82) is 0 Å². The molecule has 2 heterocycles. The Kier molecular flexibility index (Phi) is 7.90. The maximum Gasteiger partial charge on any atom is 0.290 e. The molecule has 9 heteroatoms. The summed E-state index contributed by atoms with van der Waals surface area (Å²) in [7, 11) is 1.42. The highest BCUT2D eigenvalue weighted by Crippen LogP contribution is 2.43. The molecule has 2 aliphatic rings. The number of phenolic OH excluding ortho intramolecular Hbond substituents is 1. The monoisotopic (exact) mass is 542 g/mol. The summed E-state index contributed by atoms with van der Waals surface area (Å²) in [5.41, 5.74) is 1.34. The van der Waals surface area contributed by atoms with Crippen LogP contribution in [0.5, 0.6) is 11.5 Å². The van der Waals surface area contributed by atoms with Crippen molar-refractivity contribution in [3.8, 4) is 11.5 Å². The van der Waals surface area contributed by atoms with Gasteiger partial charge in [-0.25, -0.2) is 0 Å². The number of amides is 1. The van der Waals surface area contributed by atoms with Crippen LogP contribution in [0.1, 0.15) is 17.2 Å². The van der Waals surface area contributed by atoms with Gasteiger partial charge in [-0.1, -0.05) is 36.4 Å². The van der Waals surface area contributed by atoms with Crippen molar-refractivity contribution in [3.05, 3.63) is 75.5 Å². The molecule has 2 aromatic carbocycles. The van der Waals surface area contributed by atoms with Gasteiger partial charge in [0.2, 0.25) is 0 Å². The number of ketones is 1. The van der Waals surface area contributed by atoms with Gasteiger partial charge in [0.25, 0.3) is 5.91 Å². The Balaban J connectivity index is 1.69. The second-order valence-corrected chi connectivity index (χ2v) is 9.13. The molecule has 0 spiro atoms. The first-order valence-electron chi connectivity index (χ1n) is 11.3. The maximum atomic E-state index is 13.3. The van der Waals surface area contributed by atoms with E-state index in [2.05, 4.69) is 20.8 Å². The lowest BCUT2D eigenvalue weighted by molar-refractivity contribution is -0.129. The SMILES string of the molecule is COc1cc(C2C(C(=O)/C=C/c3ccccc3)=C(O)C(=O)N2CCN2CCOCC2)cc(Br)c1O. The third kappa shape index (κ3) is 5.42. The van der Waals surface area contributed by atoms with Crippen LogP contribution in [0, 0.1) is 0 Å². The molecule has 2 aliphatic heterocycles. The molecule has 2 aromatic rings. The number of morpholine rings is 1. The molecular weight excluding hydrogens is 516 g/mol. The summed E-state index contributed by atoms with van der Waals surface area (Å²) >= 11 is 3.32. The van der Waals surface area contributed by atoms with E-state index in [1.807, 2.05) is 30.3 Å². The van der Waals surface area contributed by atoms with E-state index in [0.717, 1.165) is 18.7 Å². The number of ether oxygens (including phenoxy) is 2. The van der Waals surface area contributed by atoms with Crippen molar-refractivity contribution in [2.75, 3.05) is 46.5 Å². The lowest BCUT2D eigenvalue weighted by Crippen LogP contribution is -2.43. The zero-order chi connectivity index (χ0) is 24.9. The van der Waals surface area contributed by atoms with Crippen molar-refractivity contribution < 1.29 is 29.3 Å². The molecule has 1 saturated heterocycles. The van der Waals surface area contributed by atoms with Crippen LogP contribution in [0.25, 0.3) is 6.08 Å². The van der Waals surface area contributed by atoms with Crippen molar-refractivity contribution in [2.24, 2.45) is 0 Å². The van der Waals surface area contributed by atoms with Gasteiger partial charge in [0.05, 0.1) is 36.4 Å². The van der Waals surface area contributed by atoms with E-state index in [9.17, 15) is 19.8 Å². The van der Waals surface area contributed by atoms with Crippen LogP contribution in [-0.4, -0.2) is 78.2 Å². The second-order valence-electron chi connectivity index (χ2n) is 8.28. The molecular formula is C26H27BrN2O6. The van der Waals surface area contributed by atoms with Gasteiger partial charge in [-0.2, -0.15) is 0 Å². The Labute approximate surface area is 212 Å². The quantitative estimate of drug-likeness (QED) is 0.492. The number of allylic oxidation sites excluding steroid dienone is 1. The van der Waals surface area contributed by atoms with Crippen molar-refractivity contribution in [2.45, 2.75) is 6.04 Å². The number of phenols is 1. The van der Waals surface area contributed by atoms with E-state index in [1.165, 1.54) is 18.1 Å². The van der Waals surface area contributed by atoms with Gasteiger partial charge < -0.3 is 24.6 Å². The first kappa shape index (κ1) is 25.0. The Morgan fingerprint density at radius 3 is 2.57 bits per heavy atom. The summed E-state index contributed by atoms with van der Waals surface area (Å²) in [6.45, 7) is 3.60. The molecule has 1 atom stereocenters. The van der Waals surface area contributed by atoms with Crippen LogP contribution < -0.4 is 4.74 Å². The molecule has 1 unspecified atom stereocenters. The normalized spacial score (nSPS) is 19.1. The molecule has 8 nitrogen and oxygen atoms in total. The number of carbonyl (C=O) groups is 2. The largest absolute Gasteiger partial charge is 0.503 e. The zero-order valence-electron chi connectivity index (χ0n) is 19.3. The summed E-state index contributed by atoms with van der Waals surface area (Å²) < 4.78 is 11.0. The van der Waals surface area contributed by atoms with E-state index < -0.39 is 23.5 Å². The number of halogens is 1. The predicted molar refractivity (Wildman–Crippen MR) is 134 cm³/mol. The van der Waals surface area contributed by atoms with Crippen LogP contribution in [0.15, 0.2) is 64.3 Å². The minimum absolute atomic E-state index is 0.0104. The fourth-order valence-corrected chi connectivity index (χ4v) is 4.75. The number of hydrogen-bond donors (Lipinski definition) is 2. The van der Waals surface area contributed by atoms with E-state index in [0.29, 0.717) is 36.3 Å². The number of hydrogen-bond acceptors (Lipinski definition) is 7. The molecule has 0 saturated carbocycles. The first-order valence-corrected chi connectivity index (χ1v) is 12.1. The molecule has 1 fully saturated rings. The van der Waals surface area contributed by atoms with Crippen molar-refractivity contribution in [3.63, 3.8) is 0 Å². The molecule has 0 aliphatic carbocycles. The smallest absolute Gasteiger partial charge is 0.290 e. The highest BCUT2D eigenvalue weighted by molar-refractivity contribution is 9.10. The number of aliphatic hydroxyl groups is 1. The molecule has 1 amide bonds. The Bertz CT molecular complexity index is 1160. The minimum Gasteiger partial charge on any atom is -0.503 e. The molecule has 4 rings (SSSR count). The van der Waals surface area contributed by atoms with Gasteiger partial charge in [-0.15, -0.1) is 0 Å². The maximum absolute atomic E-state index is 13.3. The predicted octanol–water partition coefficient (Wildman–Crippen LogP) is 3.47. The van der Waals surface area contributed by atoms with Crippen LogP contribution >= 0.6 is 15.9 Å². The third-order valence-electron chi connectivity index (χ3n) is 6.14. The Hall–Kier alpha value is -3.14. The molecule has 2 N–H and O–H groups in total. The standard InChI is InChI=1S/C26H27BrN2O6/c1-34-21-16-18(15-19(27)24(21)31)23-22(20(30)8-7-17-5-3-2-4-6-17)25(32)26(33)29(23)10-9-28-11-13-35-14-12-28/h2-8,15-16,23,31-32H,9-14H2,1H3/b8-7+. The number of nitrogens with zero attached hydrogens (tertiary/aromatic N) is 2. The lowest BCUT2D eigenvalue weighted by atomic mass is 9.95. The number of aromatic hydroxyl groups is 1. The fourth-order valence-electron chi connectivity index (χ4n) is 4.29. The van der Waals surface area contributed by atoms with Gasteiger partial charge in [-0.05, 0) is 45.3 Å². The van der Waals surface area contributed by atoms with Gasteiger partial charge in [0.1, 0.15) is 0 Å². The number of aliphatic hydroxyl groups excluding tert-OH is 1. The lowest BCUT2D eigenvalue weighted by Gasteiger charge is -2.31. The molecule has 35 heavy (non-hydrogen) atoms. The van der Waals surface area contributed by atoms with Crippen molar-refractivity contribution >= 4 is 33.7 Å². The van der Waals surface area contributed by atoms with Crippen LogP contribution in [0.4, 0.5) is 0 Å². The number of rotatable bonds is 8. The van der Waals surface area contributed by atoms with Gasteiger partial charge in [-0.3, -0.25) is 14.5 Å². The minimum atomic E-state index is -0.845. The molecule has 184 valence electrons. The van der Waals surface area contributed by atoms with Gasteiger partial charge in [0.15, 0.2) is 23.0 Å². The summed E-state index contributed by atoms with van der Waals surface area (Å²) in [5.74, 6) is -1.55. The molecule has 0 aromatic heterocycles. The number of methoxy groups -OCH3 is 1. The summed E-state index contributed by atoms with van der Waals surface area (Å²) in [6, 6.07) is 11.7. The third-order valence-corrected chi connectivity index (χ3v) is 6.75.